The summed E-state index contributed by atoms with van der Waals surface area (Å²) in [6.07, 6.45) is -0.964. The van der Waals surface area contributed by atoms with Gasteiger partial charge in [-0.15, -0.1) is 0 Å². The van der Waals surface area contributed by atoms with Crippen molar-refractivity contribution in [3.05, 3.63) is 0 Å². The van der Waals surface area contributed by atoms with E-state index in [4.69, 9.17) is 0 Å². The Balaban J connectivity index is 2.15. The van der Waals surface area contributed by atoms with Crippen LogP contribution in [-0.4, -0.2) is 75.5 Å². The third-order valence-electron chi connectivity index (χ3n) is 4.05. The zero-order chi connectivity index (χ0) is 11.8. The average molecular weight is 232 g/mol. The third kappa shape index (κ3) is 2.24. The maximum atomic E-state index is 9.83. The molecule has 0 amide bonds. The Labute approximate surface area is 95.5 Å². The van der Waals surface area contributed by atoms with Crippen LogP contribution in [0.1, 0.15) is 19.3 Å². The molecule has 0 radical (unpaired) electrons. The van der Waals surface area contributed by atoms with Gasteiger partial charge in [0.25, 0.3) is 0 Å². The van der Waals surface area contributed by atoms with Crippen molar-refractivity contribution >= 4 is 0 Å². The molecule has 0 aliphatic carbocycles. The highest BCUT2D eigenvalue weighted by atomic mass is 16.4. The molecular formula is C11H22NO4+. The van der Waals surface area contributed by atoms with Crippen LogP contribution in [0.2, 0.25) is 0 Å². The van der Waals surface area contributed by atoms with Gasteiger partial charge in [-0.2, -0.15) is 0 Å². The van der Waals surface area contributed by atoms with Crippen LogP contribution in [0.3, 0.4) is 0 Å². The normalized spacial score (nSPS) is 44.2. The summed E-state index contributed by atoms with van der Waals surface area (Å²) in [6.45, 7) is 2.73. The van der Waals surface area contributed by atoms with Gasteiger partial charge >= 0.3 is 0 Å². The van der Waals surface area contributed by atoms with Gasteiger partial charge in [-0.05, 0) is 19.3 Å². The standard InChI is InChI=1S/C11H22NO4/c13-8-6-12(4-2-1-3-5-12)7-9(14)11(16)10(8)15/h8-11,13-16H,1-7H2/q+1/t8-,9-,10-,11-/m1/s1. The van der Waals surface area contributed by atoms with E-state index < -0.39 is 24.4 Å². The van der Waals surface area contributed by atoms with E-state index in [2.05, 4.69) is 0 Å². The highest BCUT2D eigenvalue weighted by Gasteiger charge is 2.45. The lowest BCUT2D eigenvalue weighted by Crippen LogP contribution is -2.57. The number of hydrogen-bond donors (Lipinski definition) is 4. The van der Waals surface area contributed by atoms with E-state index in [1.807, 2.05) is 0 Å². The van der Waals surface area contributed by atoms with E-state index in [1.54, 1.807) is 0 Å². The Kier molecular flexibility index (Phi) is 3.51. The average Bonchev–Trinajstić information content (AvgIpc) is 2.33. The predicted molar refractivity (Wildman–Crippen MR) is 57.6 cm³/mol. The van der Waals surface area contributed by atoms with E-state index in [9.17, 15) is 20.4 Å². The highest BCUT2D eigenvalue weighted by Crippen LogP contribution is 2.25. The van der Waals surface area contributed by atoms with Gasteiger partial charge in [-0.25, -0.2) is 0 Å². The minimum atomic E-state index is -1.23. The largest absolute Gasteiger partial charge is 0.387 e. The summed E-state index contributed by atoms with van der Waals surface area (Å²) in [5, 5.41) is 38.9. The van der Waals surface area contributed by atoms with Crippen LogP contribution in [0.5, 0.6) is 0 Å². The molecule has 0 aromatic heterocycles. The first kappa shape index (κ1) is 12.3. The van der Waals surface area contributed by atoms with Gasteiger partial charge in [-0.1, -0.05) is 0 Å². The number of aliphatic hydroxyl groups is 4. The van der Waals surface area contributed by atoms with Crippen LogP contribution in [0.15, 0.2) is 0 Å². The van der Waals surface area contributed by atoms with E-state index >= 15 is 0 Å². The summed E-state index contributed by atoms with van der Waals surface area (Å²) < 4.78 is 0.635. The topological polar surface area (TPSA) is 80.9 Å². The number of rotatable bonds is 0. The summed E-state index contributed by atoms with van der Waals surface area (Å²) in [7, 11) is 0. The fourth-order valence-corrected chi connectivity index (χ4v) is 3.09. The molecule has 0 aromatic carbocycles. The van der Waals surface area contributed by atoms with Gasteiger partial charge in [0.05, 0.1) is 13.1 Å². The molecule has 2 heterocycles. The fourth-order valence-electron chi connectivity index (χ4n) is 3.09. The lowest BCUT2D eigenvalue weighted by molar-refractivity contribution is -0.936. The SMILES string of the molecule is O[C@H]1[C@H](O)[C@H](O)C[N+]2(CCCCC2)C[C@H]1O. The first-order valence-electron chi connectivity index (χ1n) is 6.11. The van der Waals surface area contributed by atoms with Crippen molar-refractivity contribution in [1.82, 2.24) is 0 Å². The smallest absolute Gasteiger partial charge is 0.131 e. The monoisotopic (exact) mass is 232 g/mol. The molecule has 4 N–H and O–H groups in total. The summed E-state index contributed by atoms with van der Waals surface area (Å²) in [4.78, 5) is 0. The number of hydrogen-bond acceptors (Lipinski definition) is 4. The zero-order valence-corrected chi connectivity index (χ0v) is 9.50. The number of aliphatic hydroxyl groups excluding tert-OH is 4. The lowest BCUT2D eigenvalue weighted by atomic mass is 10.1. The molecule has 1 spiro atoms. The van der Waals surface area contributed by atoms with Crippen molar-refractivity contribution in [1.29, 1.82) is 0 Å². The molecule has 5 nitrogen and oxygen atoms in total. The van der Waals surface area contributed by atoms with Gasteiger partial charge < -0.3 is 24.9 Å². The quantitative estimate of drug-likeness (QED) is 0.381. The molecule has 94 valence electrons. The van der Waals surface area contributed by atoms with E-state index in [-0.39, 0.29) is 0 Å². The first-order chi connectivity index (χ1) is 7.54. The Hall–Kier alpha value is -0.200. The van der Waals surface area contributed by atoms with Crippen LogP contribution in [-0.2, 0) is 0 Å². The minimum absolute atomic E-state index is 0.440. The second-order valence-corrected chi connectivity index (χ2v) is 5.33. The van der Waals surface area contributed by atoms with E-state index in [0.717, 1.165) is 25.9 Å². The number of piperidine rings is 1. The predicted octanol–water partition coefficient (Wildman–Crippen LogP) is -1.56. The molecular weight excluding hydrogens is 210 g/mol. The van der Waals surface area contributed by atoms with Gasteiger partial charge in [0.2, 0.25) is 0 Å². The molecule has 16 heavy (non-hydrogen) atoms. The van der Waals surface area contributed by atoms with E-state index in [1.165, 1.54) is 6.42 Å². The van der Waals surface area contributed by atoms with Crippen molar-refractivity contribution in [3.63, 3.8) is 0 Å². The number of quaternary nitrogens is 1. The van der Waals surface area contributed by atoms with Crippen molar-refractivity contribution in [2.75, 3.05) is 26.2 Å². The Morgan fingerprint density at radius 1 is 0.688 bits per heavy atom. The second kappa shape index (κ2) is 4.58. The molecule has 0 saturated carbocycles. The molecule has 2 rings (SSSR count). The van der Waals surface area contributed by atoms with Gasteiger partial charge in [0, 0.05) is 0 Å². The summed E-state index contributed by atoms with van der Waals surface area (Å²) in [5.41, 5.74) is 0. The lowest BCUT2D eigenvalue weighted by Gasteiger charge is -2.42. The first-order valence-corrected chi connectivity index (χ1v) is 6.11. The molecule has 2 aliphatic rings. The van der Waals surface area contributed by atoms with Gasteiger partial charge in [-0.3, -0.25) is 0 Å². The summed E-state index contributed by atoms with van der Waals surface area (Å²) >= 11 is 0. The van der Waals surface area contributed by atoms with Crippen molar-refractivity contribution in [3.8, 4) is 0 Å². The molecule has 4 atom stereocenters. The number of nitrogens with zero attached hydrogens (tertiary/aromatic N) is 1. The fraction of sp³-hybridized carbons (Fsp3) is 1.00. The van der Waals surface area contributed by atoms with Crippen LogP contribution in [0.4, 0.5) is 0 Å². The van der Waals surface area contributed by atoms with Crippen molar-refractivity contribution in [2.24, 2.45) is 0 Å². The van der Waals surface area contributed by atoms with Gasteiger partial charge in [0.1, 0.15) is 37.5 Å². The van der Waals surface area contributed by atoms with Crippen LogP contribution >= 0.6 is 0 Å². The molecule has 0 unspecified atom stereocenters. The molecule has 5 heteroatoms. The second-order valence-electron chi connectivity index (χ2n) is 5.33. The minimum Gasteiger partial charge on any atom is -0.387 e. The van der Waals surface area contributed by atoms with Crippen molar-refractivity contribution in [2.45, 2.75) is 43.7 Å². The summed E-state index contributed by atoms with van der Waals surface area (Å²) in [5.74, 6) is 0. The van der Waals surface area contributed by atoms with Crippen molar-refractivity contribution < 1.29 is 24.9 Å². The molecule has 2 aliphatic heterocycles. The molecule has 2 saturated heterocycles. The van der Waals surface area contributed by atoms with Crippen LogP contribution in [0.25, 0.3) is 0 Å². The van der Waals surface area contributed by atoms with Gasteiger partial charge in [0.15, 0.2) is 0 Å². The zero-order valence-electron chi connectivity index (χ0n) is 9.50. The van der Waals surface area contributed by atoms with Crippen LogP contribution in [0, 0.1) is 0 Å². The Morgan fingerprint density at radius 2 is 1.12 bits per heavy atom. The maximum absolute atomic E-state index is 9.83. The van der Waals surface area contributed by atoms with Crippen LogP contribution < -0.4 is 0 Å². The third-order valence-corrected chi connectivity index (χ3v) is 4.05. The molecule has 2 fully saturated rings. The molecule has 0 aromatic rings. The molecule has 0 bridgehead atoms. The highest BCUT2D eigenvalue weighted by molar-refractivity contribution is 4.84. The Morgan fingerprint density at radius 3 is 1.56 bits per heavy atom. The van der Waals surface area contributed by atoms with E-state index in [0.29, 0.717) is 17.6 Å². The Bertz CT molecular complexity index is 224. The maximum Gasteiger partial charge on any atom is 0.131 e. The summed E-state index contributed by atoms with van der Waals surface area (Å²) in [6, 6.07) is 0.